The van der Waals surface area contributed by atoms with E-state index >= 15 is 0 Å². The van der Waals surface area contributed by atoms with Crippen molar-refractivity contribution in [3.8, 4) is 0 Å². The fourth-order valence-electron chi connectivity index (χ4n) is 2.67. The number of hydrogen-bond acceptors (Lipinski definition) is 4. The van der Waals surface area contributed by atoms with Gasteiger partial charge in [0.25, 0.3) is 0 Å². The van der Waals surface area contributed by atoms with E-state index in [0.717, 1.165) is 5.56 Å². The number of benzene rings is 2. The minimum atomic E-state index is -0.517. The van der Waals surface area contributed by atoms with Gasteiger partial charge < -0.3 is 5.32 Å². The van der Waals surface area contributed by atoms with Gasteiger partial charge >= 0.3 is 0 Å². The van der Waals surface area contributed by atoms with Crippen LogP contribution in [0.2, 0.25) is 5.02 Å². The molecule has 28 heavy (non-hydrogen) atoms. The van der Waals surface area contributed by atoms with E-state index in [0.29, 0.717) is 28.1 Å². The number of hydrogen-bond donors (Lipinski definition) is 1. The molecule has 1 unspecified atom stereocenters. The number of carbonyl (C=O) groups is 2. The molecule has 1 saturated heterocycles. The number of nitrogens with zero attached hydrogens (tertiary/aromatic N) is 2. The smallest absolute Gasteiger partial charge is 0.242 e. The lowest BCUT2D eigenvalue weighted by atomic mass is 10.2. The molecular formula is C21H20ClN3O2S. The van der Waals surface area contributed by atoms with E-state index in [9.17, 15) is 9.59 Å². The summed E-state index contributed by atoms with van der Waals surface area (Å²) >= 11 is 7.20. The minimum absolute atomic E-state index is 0.0741. The maximum Gasteiger partial charge on any atom is 0.242 e. The third kappa shape index (κ3) is 5.03. The summed E-state index contributed by atoms with van der Waals surface area (Å²) in [7, 11) is 0. The quantitative estimate of drug-likeness (QED) is 0.692. The normalized spacial score (nSPS) is 17.8. The zero-order valence-corrected chi connectivity index (χ0v) is 17.0. The topological polar surface area (TPSA) is 61.8 Å². The second-order valence-electron chi connectivity index (χ2n) is 6.33. The highest BCUT2D eigenvalue weighted by Crippen LogP contribution is 2.32. The van der Waals surface area contributed by atoms with E-state index in [4.69, 9.17) is 11.6 Å². The Bertz CT molecular complexity index is 910. The molecule has 0 aliphatic carbocycles. The number of aliphatic imine (C=N–C) groups is 1. The van der Waals surface area contributed by atoms with Gasteiger partial charge in [-0.05, 0) is 43.3 Å². The van der Waals surface area contributed by atoms with Gasteiger partial charge in [-0.2, -0.15) is 0 Å². The lowest BCUT2D eigenvalue weighted by molar-refractivity contribution is -0.127. The van der Waals surface area contributed by atoms with Gasteiger partial charge in [0.2, 0.25) is 11.8 Å². The molecule has 1 aliphatic rings. The first-order valence-corrected chi connectivity index (χ1v) is 10.0. The standard InChI is InChI=1S/C21H20ClN3O2S/c1-3-12-25-20(27)18(13-19(26)23-16-8-4-14(2)5-9-16)28-21(25)24-17-10-6-15(22)7-11-17/h3-11,18H,1,12-13H2,2H3,(H,23,26). The lowest BCUT2D eigenvalue weighted by Gasteiger charge is -2.13. The van der Waals surface area contributed by atoms with Crippen LogP contribution in [0.4, 0.5) is 11.4 Å². The Morgan fingerprint density at radius 2 is 1.93 bits per heavy atom. The Hall–Kier alpha value is -2.57. The molecule has 2 amide bonds. The SMILES string of the molecule is C=CCN1C(=O)C(CC(=O)Nc2ccc(C)cc2)SC1=Nc1ccc(Cl)cc1. The Kier molecular flexibility index (Phi) is 6.54. The van der Waals surface area contributed by atoms with Crippen molar-refractivity contribution in [1.29, 1.82) is 0 Å². The molecule has 1 heterocycles. The molecule has 1 N–H and O–H groups in total. The fraction of sp³-hybridized carbons (Fsp3) is 0.190. The van der Waals surface area contributed by atoms with Crippen molar-refractivity contribution >= 4 is 51.7 Å². The van der Waals surface area contributed by atoms with Crippen LogP contribution in [-0.2, 0) is 9.59 Å². The predicted molar refractivity (Wildman–Crippen MR) is 116 cm³/mol. The molecule has 2 aromatic carbocycles. The van der Waals surface area contributed by atoms with Gasteiger partial charge in [0.1, 0.15) is 5.25 Å². The van der Waals surface area contributed by atoms with Gasteiger partial charge in [-0.1, -0.05) is 47.1 Å². The predicted octanol–water partition coefficient (Wildman–Crippen LogP) is 4.79. The van der Waals surface area contributed by atoms with Gasteiger partial charge in [0.05, 0.1) is 5.69 Å². The van der Waals surface area contributed by atoms with Crippen LogP contribution in [-0.4, -0.2) is 33.7 Å². The van der Waals surface area contributed by atoms with Crippen LogP contribution >= 0.6 is 23.4 Å². The summed E-state index contributed by atoms with van der Waals surface area (Å²) in [6.45, 7) is 6.03. The Morgan fingerprint density at radius 1 is 1.25 bits per heavy atom. The second-order valence-corrected chi connectivity index (χ2v) is 7.94. The van der Waals surface area contributed by atoms with Gasteiger partial charge in [-0.25, -0.2) is 4.99 Å². The molecule has 3 rings (SSSR count). The molecule has 5 nitrogen and oxygen atoms in total. The summed E-state index contributed by atoms with van der Waals surface area (Å²) in [5, 5.41) is 3.49. The van der Waals surface area contributed by atoms with Crippen molar-refractivity contribution in [1.82, 2.24) is 4.90 Å². The highest BCUT2D eigenvalue weighted by atomic mass is 35.5. The summed E-state index contributed by atoms with van der Waals surface area (Å²) in [6.07, 6.45) is 1.72. The van der Waals surface area contributed by atoms with Crippen molar-refractivity contribution in [2.24, 2.45) is 4.99 Å². The number of carbonyl (C=O) groups excluding carboxylic acids is 2. The van der Waals surface area contributed by atoms with Gasteiger partial charge in [-0.15, -0.1) is 6.58 Å². The number of aryl methyl sites for hydroxylation is 1. The summed E-state index contributed by atoms with van der Waals surface area (Å²) in [5.41, 5.74) is 2.52. The molecule has 0 aromatic heterocycles. The van der Waals surface area contributed by atoms with Crippen LogP contribution in [0.25, 0.3) is 0 Å². The molecule has 1 atom stereocenters. The van der Waals surface area contributed by atoms with E-state index < -0.39 is 5.25 Å². The third-order valence-corrected chi connectivity index (χ3v) is 5.52. The fourth-order valence-corrected chi connectivity index (χ4v) is 3.96. The van der Waals surface area contributed by atoms with Crippen molar-refractivity contribution in [2.75, 3.05) is 11.9 Å². The Morgan fingerprint density at radius 3 is 2.57 bits per heavy atom. The number of amidine groups is 1. The van der Waals surface area contributed by atoms with E-state index in [1.54, 1.807) is 35.2 Å². The van der Waals surface area contributed by atoms with E-state index in [1.807, 2.05) is 31.2 Å². The first-order chi connectivity index (χ1) is 13.5. The molecule has 1 fully saturated rings. The Balaban J connectivity index is 1.72. The van der Waals surface area contributed by atoms with E-state index in [1.165, 1.54) is 11.8 Å². The van der Waals surface area contributed by atoms with Crippen LogP contribution in [0.5, 0.6) is 0 Å². The van der Waals surface area contributed by atoms with Crippen molar-refractivity contribution in [3.63, 3.8) is 0 Å². The number of amides is 2. The van der Waals surface area contributed by atoms with Crippen LogP contribution in [0.15, 0.2) is 66.2 Å². The van der Waals surface area contributed by atoms with Gasteiger partial charge in [0.15, 0.2) is 5.17 Å². The summed E-state index contributed by atoms with van der Waals surface area (Å²) in [5.74, 6) is -0.349. The summed E-state index contributed by atoms with van der Waals surface area (Å²) in [4.78, 5) is 31.3. The number of thioether (sulfide) groups is 1. The maximum absolute atomic E-state index is 12.8. The van der Waals surface area contributed by atoms with Crippen LogP contribution < -0.4 is 5.32 Å². The molecule has 0 bridgehead atoms. The van der Waals surface area contributed by atoms with E-state index in [-0.39, 0.29) is 18.2 Å². The van der Waals surface area contributed by atoms with Crippen LogP contribution in [0, 0.1) is 6.92 Å². The number of anilines is 1. The molecule has 2 aromatic rings. The molecule has 0 spiro atoms. The average Bonchev–Trinajstić information content (AvgIpc) is 2.94. The zero-order chi connectivity index (χ0) is 20.1. The van der Waals surface area contributed by atoms with Gasteiger partial charge in [0, 0.05) is 23.7 Å². The first-order valence-electron chi connectivity index (χ1n) is 8.76. The molecule has 0 radical (unpaired) electrons. The van der Waals surface area contributed by atoms with Crippen molar-refractivity contribution in [2.45, 2.75) is 18.6 Å². The summed E-state index contributed by atoms with van der Waals surface area (Å²) in [6, 6.07) is 14.6. The largest absolute Gasteiger partial charge is 0.326 e. The first kappa shape index (κ1) is 20.2. The molecule has 144 valence electrons. The van der Waals surface area contributed by atoms with Crippen LogP contribution in [0.1, 0.15) is 12.0 Å². The highest BCUT2D eigenvalue weighted by molar-refractivity contribution is 8.15. The number of halogens is 1. The maximum atomic E-state index is 12.8. The minimum Gasteiger partial charge on any atom is -0.326 e. The number of nitrogens with one attached hydrogen (secondary N) is 1. The molecule has 7 heteroatoms. The van der Waals surface area contributed by atoms with Gasteiger partial charge in [-0.3, -0.25) is 14.5 Å². The average molecular weight is 414 g/mol. The molecule has 0 saturated carbocycles. The second kappa shape index (κ2) is 9.08. The lowest BCUT2D eigenvalue weighted by Crippen LogP contribution is -2.33. The van der Waals surface area contributed by atoms with Crippen LogP contribution in [0.3, 0.4) is 0 Å². The third-order valence-electron chi connectivity index (χ3n) is 4.09. The molecule has 1 aliphatic heterocycles. The summed E-state index contributed by atoms with van der Waals surface area (Å²) < 4.78 is 0. The van der Waals surface area contributed by atoms with Crippen molar-refractivity contribution < 1.29 is 9.59 Å². The monoisotopic (exact) mass is 413 g/mol. The zero-order valence-electron chi connectivity index (χ0n) is 15.4. The highest BCUT2D eigenvalue weighted by Gasteiger charge is 2.38. The Labute approximate surface area is 173 Å². The number of rotatable bonds is 6. The van der Waals surface area contributed by atoms with E-state index in [2.05, 4.69) is 16.9 Å². The molecular weight excluding hydrogens is 394 g/mol. The van der Waals surface area contributed by atoms with Crippen molar-refractivity contribution in [3.05, 3.63) is 71.8 Å².